The summed E-state index contributed by atoms with van der Waals surface area (Å²) in [4.78, 5) is 33.2. The summed E-state index contributed by atoms with van der Waals surface area (Å²) in [7, 11) is 3.67. The zero-order valence-electron chi connectivity index (χ0n) is 45.2. The Labute approximate surface area is 479 Å². The van der Waals surface area contributed by atoms with Crippen LogP contribution in [0.4, 0.5) is 23.5 Å². The second-order valence-corrected chi connectivity index (χ2v) is 19.0. The number of hydrogen-bond donors (Lipinski definition) is 3. The zero-order valence-corrected chi connectivity index (χ0v) is 52.1. The lowest BCUT2D eigenvalue weighted by molar-refractivity contribution is -0.219. The molecule has 3 aromatic rings. The summed E-state index contributed by atoms with van der Waals surface area (Å²) >= 11 is 1.48. The van der Waals surface area contributed by atoms with E-state index in [2.05, 4.69) is 41.9 Å². The van der Waals surface area contributed by atoms with Crippen molar-refractivity contribution >= 4 is 116 Å². The number of piperidine rings is 2. The Balaban J connectivity index is 0. The van der Waals surface area contributed by atoms with E-state index < -0.39 is 24.9 Å². The van der Waals surface area contributed by atoms with E-state index in [-0.39, 0.29) is 140 Å². The molecule has 3 aromatic heterocycles. The molecular formula is C49H90F4N10O3S7. The predicted octanol–water partition coefficient (Wildman–Crippen LogP) is 11.4. The minimum atomic E-state index is -2.50. The van der Waals surface area contributed by atoms with Crippen molar-refractivity contribution in [1.82, 2.24) is 45.2 Å². The van der Waals surface area contributed by atoms with Gasteiger partial charge in [-0.15, -0.1) is 16.4 Å². The molecule has 73 heavy (non-hydrogen) atoms. The van der Waals surface area contributed by atoms with E-state index >= 15 is 0 Å². The van der Waals surface area contributed by atoms with Gasteiger partial charge in [0.2, 0.25) is 5.95 Å². The third kappa shape index (κ3) is 15.2. The molecule has 2 amide bonds. The van der Waals surface area contributed by atoms with Crippen LogP contribution in [0.15, 0.2) is 45.8 Å². The summed E-state index contributed by atoms with van der Waals surface area (Å²) in [6.07, 6.45) is 5.28. The maximum atomic E-state index is 13.6. The second kappa shape index (κ2) is 32.0. The Morgan fingerprint density at radius 1 is 0.712 bits per heavy atom. The lowest BCUT2D eigenvalue weighted by Gasteiger charge is -2.57. The third-order valence-corrected chi connectivity index (χ3v) is 14.4. The number of carbonyl (C=O) groups is 2. The van der Waals surface area contributed by atoms with Crippen LogP contribution >= 0.6 is 92.3 Å². The monoisotopic (exact) mass is 1170 g/mol. The molecule has 3 N–H and O–H groups in total. The molecule has 7 aliphatic rings. The van der Waals surface area contributed by atoms with E-state index in [4.69, 9.17) is 4.42 Å². The number of aryl methyl sites for hydroxylation is 2. The molecule has 0 spiro atoms. The molecule has 13 nitrogen and oxygen atoms in total. The first kappa shape index (κ1) is 73.0. The Morgan fingerprint density at radius 2 is 1.21 bits per heavy atom. The van der Waals surface area contributed by atoms with Gasteiger partial charge in [-0.25, -0.2) is 27.7 Å². The van der Waals surface area contributed by atoms with Gasteiger partial charge in [-0.05, 0) is 99.6 Å². The van der Waals surface area contributed by atoms with Gasteiger partial charge < -0.3 is 19.5 Å². The first-order valence-corrected chi connectivity index (χ1v) is 25.7. The van der Waals surface area contributed by atoms with E-state index in [1.165, 1.54) is 11.3 Å². The normalized spacial score (nSPS) is 25.6. The predicted molar refractivity (Wildman–Crippen MR) is 322 cm³/mol. The van der Waals surface area contributed by atoms with Gasteiger partial charge in [0.25, 0.3) is 24.7 Å². The van der Waals surface area contributed by atoms with Gasteiger partial charge in [-0.2, -0.15) is 90.9 Å². The Hall–Kier alpha value is -2.03. The number of alkyl halides is 4. The molecule has 10 heterocycles. The largest absolute Gasteiger partial charge is 0.455 e. The summed E-state index contributed by atoms with van der Waals surface area (Å²) in [5, 5.41) is 15.7. The fraction of sp³-hybridized carbons (Fsp3) is 0.694. The summed E-state index contributed by atoms with van der Waals surface area (Å²) in [5.41, 5.74) is 5.75. The van der Waals surface area contributed by atoms with Crippen LogP contribution in [0.3, 0.4) is 0 Å². The molecule has 424 valence electrons. The van der Waals surface area contributed by atoms with Crippen LogP contribution in [0.25, 0.3) is 5.70 Å². The number of amides is 2. The molecule has 7 aliphatic heterocycles. The number of halogens is 4. The SMILES string of the molecule is CC.CC.CC.CC.CN1NC2NC(C(F)F)C=C([C@H]3CC[C@H]4CC[C@@H]3N4C(=O)c3ccc(C(C)(C)C)o3)N21.Cc1csc(C(=O)N2[C@H]3CC[C@H](C4=CC(C(F)F)Nc5nn(C)n54)[C@@H]2CC3)c1.S.S.S.S.S.S. The molecule has 0 aliphatic carbocycles. The molecule has 0 aromatic carbocycles. The first-order chi connectivity index (χ1) is 32.1. The number of nitrogens with zero attached hydrogens (tertiary/aromatic N) is 7. The highest BCUT2D eigenvalue weighted by atomic mass is 32.1. The topological polar surface area (TPSA) is 119 Å². The number of anilines is 1. The molecule has 3 unspecified atom stereocenters. The highest BCUT2D eigenvalue weighted by molar-refractivity contribution is 7.60. The molecule has 5 saturated heterocycles. The van der Waals surface area contributed by atoms with Gasteiger partial charge in [-0.3, -0.25) is 19.9 Å². The smallest absolute Gasteiger partial charge is 0.290 e. The van der Waals surface area contributed by atoms with Gasteiger partial charge in [0.05, 0.1) is 10.9 Å². The highest BCUT2D eigenvalue weighted by Crippen LogP contribution is 2.48. The van der Waals surface area contributed by atoms with E-state index in [1.54, 1.807) is 30.1 Å². The van der Waals surface area contributed by atoms with Crippen molar-refractivity contribution in [3.05, 3.63) is 63.4 Å². The molecule has 5 fully saturated rings. The second-order valence-electron chi connectivity index (χ2n) is 18.1. The van der Waals surface area contributed by atoms with Crippen LogP contribution in [0.5, 0.6) is 0 Å². The highest BCUT2D eigenvalue weighted by Gasteiger charge is 2.52. The van der Waals surface area contributed by atoms with Gasteiger partial charge >= 0.3 is 0 Å². The van der Waals surface area contributed by atoms with Crippen LogP contribution in [0.1, 0.15) is 159 Å². The van der Waals surface area contributed by atoms with E-state index in [0.717, 1.165) is 79.0 Å². The maximum absolute atomic E-state index is 13.6. The minimum Gasteiger partial charge on any atom is -0.455 e. The Morgan fingerprint density at radius 3 is 1.66 bits per heavy atom. The number of aromatic nitrogens is 3. The van der Waals surface area contributed by atoms with Gasteiger partial charge in [0.15, 0.2) is 12.0 Å². The lowest BCUT2D eigenvalue weighted by Crippen LogP contribution is -2.79. The molecule has 24 heteroatoms. The van der Waals surface area contributed by atoms with Crippen molar-refractivity contribution in [3.63, 3.8) is 0 Å². The number of nitrogens with one attached hydrogen (secondary N) is 3. The number of thiophene rings is 1. The van der Waals surface area contributed by atoms with Crippen LogP contribution in [0.2, 0.25) is 0 Å². The van der Waals surface area contributed by atoms with E-state index in [0.29, 0.717) is 11.7 Å². The maximum Gasteiger partial charge on any atom is 0.290 e. The number of fused-ring (bicyclic) bond motifs is 6. The number of carbonyl (C=O) groups excluding carboxylic acids is 2. The van der Waals surface area contributed by atoms with Gasteiger partial charge in [-0.1, -0.05) is 76.2 Å². The first-order valence-electron chi connectivity index (χ1n) is 24.8. The average molecular weight is 1170 g/mol. The van der Waals surface area contributed by atoms with Crippen LogP contribution < -0.4 is 16.1 Å². The number of hydrazine groups is 2. The van der Waals surface area contributed by atoms with Crippen molar-refractivity contribution in [1.29, 1.82) is 0 Å². The summed E-state index contributed by atoms with van der Waals surface area (Å²) in [6.45, 7) is 24.2. The van der Waals surface area contributed by atoms with Crippen LogP contribution in [0, 0.1) is 18.8 Å². The summed E-state index contributed by atoms with van der Waals surface area (Å²) < 4.78 is 61.8. The molecule has 0 saturated carbocycles. The van der Waals surface area contributed by atoms with Gasteiger partial charge in [0, 0.05) is 66.9 Å². The van der Waals surface area contributed by atoms with Crippen molar-refractivity contribution in [2.75, 3.05) is 12.4 Å². The van der Waals surface area contributed by atoms with Crippen LogP contribution in [-0.4, -0.2) is 109 Å². The van der Waals surface area contributed by atoms with Gasteiger partial charge in [0.1, 0.15) is 11.8 Å². The standard InChI is InChI=1S/C22H31F2N5O2.C19H23F2N5OS.4C2H6.6H2S/c1-22(2,3)18-10-9-17(31-18)20(30)28-12-5-7-13(15(28)8-6-12)16-11-14(19(23)24)25-21-26-27(4)29(16)21;1-10-7-16(28-9-10)18(27)25-11-3-5-12(14(25)6-4-11)15-8-13(17(20)21)22-19-23-24(2)26(15)19;4*1-2;;;;;;/h9-15,19,21,25-26H,5-8H2,1-4H3;7-9,11-14,17H,3-6H2,1-2H3,(H,22,23);4*1-2H3;6*1H2/t12-,13-,14?,15-,21?;11-,12-,13?,14-;;;;;;;;;;/m00........../s1. The molecule has 4 bridgehead atoms. The van der Waals surface area contributed by atoms with Crippen molar-refractivity contribution in [3.8, 4) is 0 Å². The Bertz CT molecular complexity index is 2170. The number of hydrogen-bond acceptors (Lipinski definition) is 10. The average Bonchev–Trinajstić information content (AvgIpc) is 4.12. The van der Waals surface area contributed by atoms with Crippen molar-refractivity contribution < 1.29 is 31.6 Å². The number of furan rings is 1. The van der Waals surface area contributed by atoms with Crippen LogP contribution in [-0.2, 0) is 12.5 Å². The third-order valence-electron chi connectivity index (χ3n) is 13.4. The zero-order chi connectivity index (χ0) is 49.7. The number of rotatable bonds is 6. The quantitative estimate of drug-likeness (QED) is 0.207. The van der Waals surface area contributed by atoms with Crippen molar-refractivity contribution in [2.24, 2.45) is 18.9 Å². The lowest BCUT2D eigenvalue weighted by atomic mass is 9.85. The van der Waals surface area contributed by atoms with E-state index in [9.17, 15) is 27.2 Å². The summed E-state index contributed by atoms with van der Waals surface area (Å²) in [6, 6.07) is 4.04. The molecular weight excluding hydrogens is 1080 g/mol. The van der Waals surface area contributed by atoms with E-state index in [1.807, 2.05) is 111 Å². The van der Waals surface area contributed by atoms with Crippen molar-refractivity contribution in [2.45, 2.75) is 195 Å². The molecule has 10 rings (SSSR count). The summed E-state index contributed by atoms with van der Waals surface area (Å²) in [5.74, 6) is 1.69. The Kier molecular flexibility index (Phi) is 32.0. The fourth-order valence-electron chi connectivity index (χ4n) is 10.6. The fourth-order valence-corrected chi connectivity index (χ4v) is 11.5. The molecule has 0 radical (unpaired) electrons. The minimum absolute atomic E-state index is 0. The molecule has 9 atom stereocenters.